The second kappa shape index (κ2) is 15.2. The van der Waals surface area contributed by atoms with Crippen LogP contribution in [0.5, 0.6) is 11.5 Å². The van der Waals surface area contributed by atoms with Crippen LogP contribution in [-0.2, 0) is 21.2 Å². The predicted molar refractivity (Wildman–Crippen MR) is 148 cm³/mol. The molecule has 0 radical (unpaired) electrons. The van der Waals surface area contributed by atoms with Gasteiger partial charge in [-0.2, -0.15) is 0 Å². The summed E-state index contributed by atoms with van der Waals surface area (Å²) < 4.78 is 37.6. The van der Waals surface area contributed by atoms with Crippen LogP contribution in [0.2, 0.25) is 0 Å². The first-order valence-corrected chi connectivity index (χ1v) is 14.9. The quantitative estimate of drug-likeness (QED) is 0.179. The van der Waals surface area contributed by atoms with Crippen LogP contribution in [-0.4, -0.2) is 25.6 Å². The van der Waals surface area contributed by atoms with E-state index in [1.165, 1.54) is 68.5 Å². The van der Waals surface area contributed by atoms with Crippen molar-refractivity contribution in [2.45, 2.75) is 87.2 Å². The van der Waals surface area contributed by atoms with Crippen molar-refractivity contribution in [2.75, 3.05) is 0 Å². The van der Waals surface area contributed by atoms with Gasteiger partial charge in [0, 0.05) is 0 Å². The average Bonchev–Trinajstić information content (AvgIpc) is 2.93. The maximum atomic E-state index is 13.1. The molecule has 0 aliphatic heterocycles. The van der Waals surface area contributed by atoms with Gasteiger partial charge in [-0.1, -0.05) is 82.2 Å². The van der Waals surface area contributed by atoms with Gasteiger partial charge in [-0.25, -0.2) is 13.2 Å². The number of ether oxygens (including phenoxy) is 2. The molecule has 0 saturated heterocycles. The molecule has 3 rings (SSSR count). The minimum absolute atomic E-state index is 0.109. The van der Waals surface area contributed by atoms with Gasteiger partial charge in [-0.05, 0) is 66.9 Å². The van der Waals surface area contributed by atoms with Crippen molar-refractivity contribution in [2.24, 2.45) is 0 Å². The van der Waals surface area contributed by atoms with Gasteiger partial charge < -0.3 is 14.6 Å². The second-order valence-electron chi connectivity index (χ2n) is 9.43. The van der Waals surface area contributed by atoms with Crippen molar-refractivity contribution in [1.82, 2.24) is 0 Å². The molecule has 7 heteroatoms. The standard InChI is InChI=1S/C31H38O6S/c1-2-3-4-5-6-7-8-12-15-30(31(32)33)37-27-18-22-29(23-19-27)38(34,35)28-20-16-26(17-21-28)36-24-25-13-10-9-11-14-25/h9-11,13-14,16-23,30H,2-8,12,15,24H2,1H3,(H,32,33)/t30-/m0/s1. The lowest BCUT2D eigenvalue weighted by Crippen LogP contribution is -2.26. The molecule has 204 valence electrons. The number of unbranched alkanes of at least 4 members (excludes halogenated alkanes) is 7. The molecule has 0 saturated carbocycles. The largest absolute Gasteiger partial charge is 0.489 e. The second-order valence-corrected chi connectivity index (χ2v) is 11.4. The maximum Gasteiger partial charge on any atom is 0.344 e. The van der Waals surface area contributed by atoms with Crippen LogP contribution >= 0.6 is 0 Å². The fourth-order valence-electron chi connectivity index (χ4n) is 4.15. The molecule has 1 N–H and O–H groups in total. The Balaban J connectivity index is 1.52. The SMILES string of the molecule is CCCCCCCCCC[C@H](Oc1ccc(S(=O)(=O)c2ccc(OCc3ccccc3)cc2)cc1)C(=O)O. The van der Waals surface area contributed by atoms with Crippen LogP contribution in [0.15, 0.2) is 88.7 Å². The van der Waals surface area contributed by atoms with Crippen LogP contribution in [0.1, 0.15) is 70.3 Å². The summed E-state index contributed by atoms with van der Waals surface area (Å²) in [5.41, 5.74) is 1.02. The van der Waals surface area contributed by atoms with E-state index in [1.807, 2.05) is 30.3 Å². The zero-order valence-corrected chi connectivity index (χ0v) is 22.9. The third-order valence-electron chi connectivity index (χ3n) is 6.39. The number of benzene rings is 3. The molecule has 6 nitrogen and oxygen atoms in total. The molecule has 1 atom stereocenters. The highest BCUT2D eigenvalue weighted by molar-refractivity contribution is 7.91. The molecule has 0 bridgehead atoms. The lowest BCUT2D eigenvalue weighted by Gasteiger charge is -2.15. The molecule has 0 spiro atoms. The number of sulfone groups is 1. The number of aliphatic carboxylic acids is 1. The van der Waals surface area contributed by atoms with E-state index in [0.29, 0.717) is 24.5 Å². The number of carbonyl (C=O) groups is 1. The maximum absolute atomic E-state index is 13.1. The summed E-state index contributed by atoms with van der Waals surface area (Å²) in [5.74, 6) is -0.104. The number of carboxylic acids is 1. The third-order valence-corrected chi connectivity index (χ3v) is 8.18. The Labute approximate surface area is 226 Å². The van der Waals surface area contributed by atoms with Crippen molar-refractivity contribution >= 4 is 15.8 Å². The molecule has 0 fully saturated rings. The van der Waals surface area contributed by atoms with Gasteiger partial charge in [-0.3, -0.25) is 0 Å². The van der Waals surface area contributed by atoms with Crippen molar-refractivity contribution in [3.63, 3.8) is 0 Å². The molecule has 0 aliphatic rings. The predicted octanol–water partition coefficient (Wildman–Crippen LogP) is 7.46. The van der Waals surface area contributed by atoms with E-state index in [0.717, 1.165) is 24.8 Å². The van der Waals surface area contributed by atoms with E-state index in [9.17, 15) is 18.3 Å². The summed E-state index contributed by atoms with van der Waals surface area (Å²) in [6.45, 7) is 2.59. The van der Waals surface area contributed by atoms with E-state index in [1.54, 1.807) is 12.1 Å². The first-order valence-electron chi connectivity index (χ1n) is 13.4. The van der Waals surface area contributed by atoms with Crippen molar-refractivity contribution in [3.05, 3.63) is 84.4 Å². The van der Waals surface area contributed by atoms with Crippen LogP contribution in [0.3, 0.4) is 0 Å². The van der Waals surface area contributed by atoms with Crippen molar-refractivity contribution in [3.8, 4) is 11.5 Å². The van der Waals surface area contributed by atoms with Gasteiger partial charge in [0.05, 0.1) is 9.79 Å². The van der Waals surface area contributed by atoms with Gasteiger partial charge in [-0.15, -0.1) is 0 Å². The van der Waals surface area contributed by atoms with Crippen molar-refractivity contribution in [1.29, 1.82) is 0 Å². The molecule has 0 heterocycles. The number of hydrogen-bond acceptors (Lipinski definition) is 5. The molecular formula is C31H38O6S. The van der Waals surface area contributed by atoms with Crippen LogP contribution in [0.25, 0.3) is 0 Å². The Morgan fingerprint density at radius 2 is 1.26 bits per heavy atom. The highest BCUT2D eigenvalue weighted by Gasteiger charge is 2.21. The van der Waals surface area contributed by atoms with Gasteiger partial charge in [0.25, 0.3) is 0 Å². The topological polar surface area (TPSA) is 89.9 Å². The number of rotatable bonds is 17. The Hall–Kier alpha value is -3.32. The normalized spacial score (nSPS) is 12.1. The fraction of sp³-hybridized carbons (Fsp3) is 0.387. The number of hydrogen-bond donors (Lipinski definition) is 1. The van der Waals surface area contributed by atoms with Gasteiger partial charge in [0.1, 0.15) is 18.1 Å². The Morgan fingerprint density at radius 3 is 1.82 bits per heavy atom. The van der Waals surface area contributed by atoms with Gasteiger partial charge in [0.2, 0.25) is 9.84 Å². The molecule has 0 aromatic heterocycles. The Bertz CT molecular complexity index is 1210. The molecule has 3 aromatic rings. The molecule has 0 aliphatic carbocycles. The van der Waals surface area contributed by atoms with Crippen LogP contribution in [0.4, 0.5) is 0 Å². The monoisotopic (exact) mass is 538 g/mol. The van der Waals surface area contributed by atoms with Gasteiger partial charge in [0.15, 0.2) is 6.10 Å². The van der Waals surface area contributed by atoms with Crippen LogP contribution in [0, 0.1) is 0 Å². The van der Waals surface area contributed by atoms with E-state index < -0.39 is 21.9 Å². The average molecular weight is 539 g/mol. The summed E-state index contributed by atoms with van der Waals surface area (Å²) in [7, 11) is -3.74. The highest BCUT2D eigenvalue weighted by Crippen LogP contribution is 2.26. The fourth-order valence-corrected chi connectivity index (χ4v) is 5.41. The zero-order chi connectivity index (χ0) is 27.2. The lowest BCUT2D eigenvalue weighted by atomic mass is 10.1. The minimum atomic E-state index is -3.74. The van der Waals surface area contributed by atoms with Gasteiger partial charge >= 0.3 is 5.97 Å². The highest BCUT2D eigenvalue weighted by atomic mass is 32.2. The van der Waals surface area contributed by atoms with E-state index in [-0.39, 0.29) is 9.79 Å². The minimum Gasteiger partial charge on any atom is -0.489 e. The van der Waals surface area contributed by atoms with E-state index in [2.05, 4.69) is 6.92 Å². The molecule has 0 amide bonds. The summed E-state index contributed by atoms with van der Waals surface area (Å²) in [6.07, 6.45) is 8.49. The first-order chi connectivity index (χ1) is 18.4. The summed E-state index contributed by atoms with van der Waals surface area (Å²) in [5, 5.41) is 9.56. The lowest BCUT2D eigenvalue weighted by molar-refractivity contribution is -0.145. The molecule has 3 aromatic carbocycles. The first kappa shape index (κ1) is 29.2. The van der Waals surface area contributed by atoms with E-state index in [4.69, 9.17) is 9.47 Å². The Morgan fingerprint density at radius 1 is 0.737 bits per heavy atom. The van der Waals surface area contributed by atoms with E-state index >= 15 is 0 Å². The summed E-state index contributed by atoms with van der Waals surface area (Å²) in [4.78, 5) is 11.9. The molecule has 38 heavy (non-hydrogen) atoms. The third kappa shape index (κ3) is 9.21. The Kier molecular flexibility index (Phi) is 11.7. The van der Waals surface area contributed by atoms with Crippen molar-refractivity contribution < 1.29 is 27.8 Å². The molecule has 0 unspecified atom stereocenters. The molecular weight excluding hydrogens is 500 g/mol. The van der Waals surface area contributed by atoms with Crippen LogP contribution < -0.4 is 9.47 Å². The summed E-state index contributed by atoms with van der Waals surface area (Å²) in [6, 6.07) is 21.9. The summed E-state index contributed by atoms with van der Waals surface area (Å²) >= 11 is 0. The smallest absolute Gasteiger partial charge is 0.344 e. The zero-order valence-electron chi connectivity index (χ0n) is 22.1. The number of carboxylic acid groups (broad SMARTS) is 1.